The zero-order valence-corrected chi connectivity index (χ0v) is 18.6. The molecule has 1 N–H and O–H groups in total. The van der Waals surface area contributed by atoms with Gasteiger partial charge < -0.3 is 14.8 Å². The number of dihydropyridines is 1. The van der Waals surface area contributed by atoms with Crippen LogP contribution in [0.25, 0.3) is 0 Å². The third kappa shape index (κ3) is 3.63. The van der Waals surface area contributed by atoms with Crippen LogP contribution < -0.4 is 14.8 Å². The number of carbonyl (C=O) groups is 2. The number of hydrogen-bond acceptors (Lipinski definition) is 5. The minimum absolute atomic E-state index is 0.00611. The van der Waals surface area contributed by atoms with Gasteiger partial charge in [0.05, 0.1) is 17.7 Å². The lowest BCUT2D eigenvalue weighted by Gasteiger charge is -2.37. The lowest BCUT2D eigenvalue weighted by atomic mass is 9.71. The summed E-state index contributed by atoms with van der Waals surface area (Å²) >= 11 is 3.62. The van der Waals surface area contributed by atoms with Gasteiger partial charge in [-0.15, -0.1) is 0 Å². The Balaban J connectivity index is 1.89. The van der Waals surface area contributed by atoms with E-state index in [2.05, 4.69) is 21.2 Å². The van der Waals surface area contributed by atoms with E-state index in [0.29, 0.717) is 24.3 Å². The molecular weight excluding hydrogens is 434 g/mol. The molecule has 0 saturated heterocycles. The van der Waals surface area contributed by atoms with Crippen molar-refractivity contribution in [2.75, 3.05) is 7.11 Å². The van der Waals surface area contributed by atoms with E-state index in [1.807, 2.05) is 26.0 Å². The summed E-state index contributed by atoms with van der Waals surface area (Å²) in [5, 5.41) is 3.45. The Morgan fingerprint density at radius 2 is 1.59 bits per heavy atom. The molecule has 0 fully saturated rings. The first kappa shape index (κ1) is 20.2. The van der Waals surface area contributed by atoms with Gasteiger partial charge in [-0.1, -0.05) is 0 Å². The van der Waals surface area contributed by atoms with Gasteiger partial charge >= 0.3 is 0 Å². The molecule has 6 heteroatoms. The third-order valence-electron chi connectivity index (χ3n) is 5.73. The minimum atomic E-state index is -0.347. The molecule has 0 aromatic heterocycles. The van der Waals surface area contributed by atoms with Crippen LogP contribution >= 0.6 is 15.9 Å². The molecule has 1 heterocycles. The van der Waals surface area contributed by atoms with Crippen molar-refractivity contribution in [3.05, 3.63) is 44.7 Å². The van der Waals surface area contributed by atoms with E-state index in [1.54, 1.807) is 7.11 Å². The molecular formula is C23H26BrNO4. The van der Waals surface area contributed by atoms with Gasteiger partial charge in [-0.3, -0.25) is 9.59 Å². The molecule has 0 atom stereocenters. The van der Waals surface area contributed by atoms with E-state index >= 15 is 0 Å². The van der Waals surface area contributed by atoms with Crippen LogP contribution in [0.4, 0.5) is 0 Å². The highest BCUT2D eigenvalue weighted by Crippen LogP contribution is 2.48. The lowest BCUT2D eigenvalue weighted by Crippen LogP contribution is -2.36. The van der Waals surface area contributed by atoms with Crippen molar-refractivity contribution in [2.45, 2.75) is 64.4 Å². The first-order chi connectivity index (χ1) is 13.9. The van der Waals surface area contributed by atoms with Crippen molar-refractivity contribution in [3.8, 4) is 11.5 Å². The number of hydrogen-bond donors (Lipinski definition) is 1. The number of Topliss-reactive ketones (excluding diaryl/α,β-unsaturated/α-hetero) is 2. The van der Waals surface area contributed by atoms with Gasteiger partial charge in [0.2, 0.25) is 0 Å². The average Bonchev–Trinajstić information content (AvgIpc) is 2.68. The van der Waals surface area contributed by atoms with E-state index in [4.69, 9.17) is 9.47 Å². The quantitative estimate of drug-likeness (QED) is 0.689. The topological polar surface area (TPSA) is 64.6 Å². The van der Waals surface area contributed by atoms with E-state index < -0.39 is 0 Å². The molecule has 4 rings (SSSR count). The fraction of sp³-hybridized carbons (Fsp3) is 0.478. The molecule has 1 aliphatic heterocycles. The number of ether oxygens (including phenoxy) is 2. The number of nitrogens with one attached hydrogen (secondary N) is 1. The maximum absolute atomic E-state index is 12.9. The Labute approximate surface area is 179 Å². The maximum atomic E-state index is 12.9. The Bertz CT molecular complexity index is 902. The molecule has 0 amide bonds. The molecule has 2 aliphatic carbocycles. The predicted octanol–water partition coefficient (Wildman–Crippen LogP) is 4.95. The second-order valence-corrected chi connectivity index (χ2v) is 8.95. The number of halogens is 1. The second kappa shape index (κ2) is 7.98. The van der Waals surface area contributed by atoms with Crippen LogP contribution in [0.5, 0.6) is 11.5 Å². The smallest absolute Gasteiger partial charge is 0.175 e. The summed E-state index contributed by atoms with van der Waals surface area (Å²) in [6, 6.07) is 3.88. The minimum Gasteiger partial charge on any atom is -0.493 e. The fourth-order valence-electron chi connectivity index (χ4n) is 4.57. The van der Waals surface area contributed by atoms with E-state index in [9.17, 15) is 9.59 Å². The molecule has 1 aromatic carbocycles. The number of methoxy groups -OCH3 is 1. The number of ketones is 2. The molecule has 29 heavy (non-hydrogen) atoms. The average molecular weight is 460 g/mol. The molecule has 5 nitrogen and oxygen atoms in total. The highest BCUT2D eigenvalue weighted by atomic mass is 79.9. The Hall–Kier alpha value is -2.08. The van der Waals surface area contributed by atoms with Gasteiger partial charge in [-0.25, -0.2) is 0 Å². The van der Waals surface area contributed by atoms with E-state index in [1.165, 1.54) is 0 Å². The van der Waals surface area contributed by atoms with Crippen molar-refractivity contribution in [1.82, 2.24) is 5.32 Å². The first-order valence-corrected chi connectivity index (χ1v) is 11.0. The molecule has 0 spiro atoms. The predicted molar refractivity (Wildman–Crippen MR) is 114 cm³/mol. The van der Waals surface area contributed by atoms with Gasteiger partial charge in [-0.05, 0) is 73.2 Å². The van der Waals surface area contributed by atoms with Crippen LogP contribution in [0.2, 0.25) is 0 Å². The standard InChI is InChI=1S/C23H26BrNO4/c1-12(2)29-23-14(24)10-13(11-19(23)28-3)20-21-15(6-4-8-17(21)26)25-16-7-5-9-18(27)22(16)20/h10-12,20,25H,4-9H2,1-3H3. The Morgan fingerprint density at radius 1 is 1.00 bits per heavy atom. The van der Waals surface area contributed by atoms with Crippen molar-refractivity contribution in [3.63, 3.8) is 0 Å². The van der Waals surface area contributed by atoms with Crippen molar-refractivity contribution in [2.24, 2.45) is 0 Å². The largest absolute Gasteiger partial charge is 0.493 e. The fourth-order valence-corrected chi connectivity index (χ4v) is 5.13. The van der Waals surface area contributed by atoms with E-state index in [0.717, 1.165) is 58.3 Å². The third-order valence-corrected chi connectivity index (χ3v) is 6.32. The van der Waals surface area contributed by atoms with Gasteiger partial charge in [0.15, 0.2) is 23.1 Å². The number of benzene rings is 1. The first-order valence-electron chi connectivity index (χ1n) is 10.2. The zero-order chi connectivity index (χ0) is 20.7. The summed E-state index contributed by atoms with van der Waals surface area (Å²) in [7, 11) is 1.61. The van der Waals surface area contributed by atoms with Crippen LogP contribution in [0.1, 0.15) is 63.9 Å². The van der Waals surface area contributed by atoms with Crippen LogP contribution in [0.15, 0.2) is 39.1 Å². The molecule has 154 valence electrons. The summed E-state index contributed by atoms with van der Waals surface area (Å²) in [6.07, 6.45) is 4.43. The normalized spacial score (nSPS) is 19.9. The number of carbonyl (C=O) groups excluding carboxylic acids is 2. The van der Waals surface area contributed by atoms with E-state index in [-0.39, 0.29) is 23.6 Å². The van der Waals surface area contributed by atoms with Crippen LogP contribution in [-0.4, -0.2) is 24.8 Å². The summed E-state index contributed by atoms with van der Waals surface area (Å²) < 4.78 is 12.3. The maximum Gasteiger partial charge on any atom is 0.175 e. The summed E-state index contributed by atoms with van der Waals surface area (Å²) in [5.74, 6) is 1.14. The number of allylic oxidation sites excluding steroid dienone is 4. The number of rotatable bonds is 4. The lowest BCUT2D eigenvalue weighted by molar-refractivity contribution is -0.116. The monoisotopic (exact) mass is 459 g/mol. The molecule has 1 aromatic rings. The highest BCUT2D eigenvalue weighted by Gasteiger charge is 2.40. The molecule has 0 radical (unpaired) electrons. The summed E-state index contributed by atoms with van der Waals surface area (Å²) in [4.78, 5) is 25.9. The molecule has 0 saturated carbocycles. The molecule has 3 aliphatic rings. The SMILES string of the molecule is COc1cc(C2C3=C(CCCC3=O)NC3=C2C(=O)CCC3)cc(Br)c1OC(C)C. The Morgan fingerprint density at radius 3 is 2.10 bits per heavy atom. The van der Waals surface area contributed by atoms with Gasteiger partial charge in [0.1, 0.15) is 0 Å². The highest BCUT2D eigenvalue weighted by molar-refractivity contribution is 9.10. The zero-order valence-electron chi connectivity index (χ0n) is 17.1. The van der Waals surface area contributed by atoms with Crippen molar-refractivity contribution >= 4 is 27.5 Å². The van der Waals surface area contributed by atoms with Gasteiger partial charge in [0.25, 0.3) is 0 Å². The second-order valence-electron chi connectivity index (χ2n) is 8.10. The van der Waals surface area contributed by atoms with Crippen LogP contribution in [0, 0.1) is 0 Å². The summed E-state index contributed by atoms with van der Waals surface area (Å²) in [5.41, 5.74) is 4.35. The summed E-state index contributed by atoms with van der Waals surface area (Å²) in [6.45, 7) is 3.92. The van der Waals surface area contributed by atoms with Crippen LogP contribution in [0.3, 0.4) is 0 Å². The Kier molecular flexibility index (Phi) is 5.56. The van der Waals surface area contributed by atoms with Crippen LogP contribution in [-0.2, 0) is 9.59 Å². The van der Waals surface area contributed by atoms with Gasteiger partial charge in [0, 0.05) is 41.3 Å². The molecule has 0 bridgehead atoms. The van der Waals surface area contributed by atoms with Crippen molar-refractivity contribution in [1.29, 1.82) is 0 Å². The molecule has 0 unspecified atom stereocenters. The van der Waals surface area contributed by atoms with Gasteiger partial charge in [-0.2, -0.15) is 0 Å². The van der Waals surface area contributed by atoms with Crippen molar-refractivity contribution < 1.29 is 19.1 Å².